The first kappa shape index (κ1) is 15.4. The number of benzene rings is 1. The Morgan fingerprint density at radius 3 is 2.10 bits per heavy atom. The number of hydrogen-bond donors (Lipinski definition) is 2. The van der Waals surface area contributed by atoms with Crippen LogP contribution in [0.2, 0.25) is 0 Å². The lowest BCUT2D eigenvalue weighted by Crippen LogP contribution is -2.47. The molecule has 0 aromatic heterocycles. The minimum Gasteiger partial charge on any atom is -0.315 e. The predicted molar refractivity (Wildman–Crippen MR) is 75.8 cm³/mol. The SMILES string of the molecule is CC1(NS(=O)(=O)c2ccc(S(C)(=O)=O)cc2)CCNC1. The molecule has 20 heavy (non-hydrogen) atoms. The van der Waals surface area contributed by atoms with E-state index in [0.29, 0.717) is 13.0 Å². The Balaban J connectivity index is 2.26. The summed E-state index contributed by atoms with van der Waals surface area (Å²) in [6.07, 6.45) is 1.80. The van der Waals surface area contributed by atoms with E-state index in [1.54, 1.807) is 0 Å². The molecule has 0 saturated carbocycles. The first-order valence-corrected chi connectivity index (χ1v) is 9.55. The Morgan fingerprint density at radius 2 is 1.65 bits per heavy atom. The maximum atomic E-state index is 12.3. The van der Waals surface area contributed by atoms with Crippen molar-refractivity contribution in [3.63, 3.8) is 0 Å². The fourth-order valence-electron chi connectivity index (χ4n) is 2.15. The molecule has 1 aromatic rings. The molecule has 1 saturated heterocycles. The highest BCUT2D eigenvalue weighted by atomic mass is 32.2. The van der Waals surface area contributed by atoms with Gasteiger partial charge in [0, 0.05) is 18.3 Å². The van der Waals surface area contributed by atoms with E-state index in [4.69, 9.17) is 0 Å². The third kappa shape index (κ3) is 3.38. The number of sulfone groups is 1. The van der Waals surface area contributed by atoms with E-state index in [1.807, 2.05) is 6.92 Å². The van der Waals surface area contributed by atoms with Gasteiger partial charge in [-0.1, -0.05) is 0 Å². The van der Waals surface area contributed by atoms with Crippen LogP contribution in [0.3, 0.4) is 0 Å². The lowest BCUT2D eigenvalue weighted by atomic mass is 10.0. The molecule has 0 bridgehead atoms. The molecule has 8 heteroatoms. The summed E-state index contributed by atoms with van der Waals surface area (Å²) >= 11 is 0. The zero-order chi connectivity index (χ0) is 15.0. The van der Waals surface area contributed by atoms with E-state index >= 15 is 0 Å². The van der Waals surface area contributed by atoms with Crippen LogP contribution in [0, 0.1) is 0 Å². The molecule has 2 rings (SSSR count). The van der Waals surface area contributed by atoms with Gasteiger partial charge in [0.15, 0.2) is 9.84 Å². The van der Waals surface area contributed by atoms with Crippen molar-refractivity contribution in [1.82, 2.24) is 10.0 Å². The van der Waals surface area contributed by atoms with E-state index in [0.717, 1.165) is 12.8 Å². The number of hydrogen-bond acceptors (Lipinski definition) is 5. The van der Waals surface area contributed by atoms with E-state index in [-0.39, 0.29) is 9.79 Å². The van der Waals surface area contributed by atoms with Crippen LogP contribution in [-0.2, 0) is 19.9 Å². The molecular weight excluding hydrogens is 300 g/mol. The third-order valence-corrected chi connectivity index (χ3v) is 6.09. The van der Waals surface area contributed by atoms with E-state index < -0.39 is 25.4 Å². The highest BCUT2D eigenvalue weighted by molar-refractivity contribution is 7.90. The maximum absolute atomic E-state index is 12.3. The van der Waals surface area contributed by atoms with Crippen LogP contribution in [0.5, 0.6) is 0 Å². The second-order valence-corrected chi connectivity index (χ2v) is 9.03. The summed E-state index contributed by atoms with van der Waals surface area (Å²) in [4.78, 5) is 0.170. The van der Waals surface area contributed by atoms with Crippen molar-refractivity contribution in [3.8, 4) is 0 Å². The molecule has 1 aliphatic rings. The zero-order valence-corrected chi connectivity index (χ0v) is 13.0. The zero-order valence-electron chi connectivity index (χ0n) is 11.4. The lowest BCUT2D eigenvalue weighted by molar-refractivity contribution is 0.452. The van der Waals surface area contributed by atoms with Crippen LogP contribution in [0.15, 0.2) is 34.1 Å². The van der Waals surface area contributed by atoms with Crippen LogP contribution in [-0.4, -0.2) is 41.7 Å². The highest BCUT2D eigenvalue weighted by Gasteiger charge is 2.33. The fourth-order valence-corrected chi connectivity index (χ4v) is 4.22. The molecule has 1 unspecified atom stereocenters. The normalized spacial score (nSPS) is 23.9. The van der Waals surface area contributed by atoms with Gasteiger partial charge < -0.3 is 5.32 Å². The minimum atomic E-state index is -3.65. The fraction of sp³-hybridized carbons (Fsp3) is 0.500. The molecule has 1 heterocycles. The number of sulfonamides is 1. The maximum Gasteiger partial charge on any atom is 0.241 e. The van der Waals surface area contributed by atoms with Crippen LogP contribution in [0.1, 0.15) is 13.3 Å². The summed E-state index contributed by atoms with van der Waals surface area (Å²) in [5, 5.41) is 3.11. The quantitative estimate of drug-likeness (QED) is 0.823. The molecule has 0 aliphatic carbocycles. The van der Waals surface area contributed by atoms with Crippen LogP contribution >= 0.6 is 0 Å². The van der Waals surface area contributed by atoms with Crippen molar-refractivity contribution in [2.24, 2.45) is 0 Å². The molecule has 0 spiro atoms. The Hall–Kier alpha value is -0.960. The van der Waals surface area contributed by atoms with Crippen molar-refractivity contribution >= 4 is 19.9 Å². The number of rotatable bonds is 4. The van der Waals surface area contributed by atoms with Gasteiger partial charge in [-0.15, -0.1) is 0 Å². The molecule has 1 aliphatic heterocycles. The summed E-state index contributed by atoms with van der Waals surface area (Å²) in [6, 6.07) is 5.23. The Morgan fingerprint density at radius 1 is 1.10 bits per heavy atom. The predicted octanol–water partition coefficient (Wildman–Crippen LogP) is 0.120. The summed E-state index contributed by atoms with van der Waals surface area (Å²) in [7, 11) is -6.97. The molecule has 0 radical (unpaired) electrons. The molecule has 1 fully saturated rings. The van der Waals surface area contributed by atoms with Gasteiger partial charge >= 0.3 is 0 Å². The van der Waals surface area contributed by atoms with Gasteiger partial charge in [-0.25, -0.2) is 21.6 Å². The molecule has 6 nitrogen and oxygen atoms in total. The highest BCUT2D eigenvalue weighted by Crippen LogP contribution is 2.19. The topological polar surface area (TPSA) is 92.3 Å². The largest absolute Gasteiger partial charge is 0.315 e. The summed E-state index contributed by atoms with van der Waals surface area (Å²) in [5.41, 5.74) is -0.506. The summed E-state index contributed by atoms with van der Waals surface area (Å²) in [5.74, 6) is 0. The van der Waals surface area contributed by atoms with Gasteiger partial charge in [0.1, 0.15) is 0 Å². The van der Waals surface area contributed by atoms with E-state index in [1.165, 1.54) is 24.3 Å². The average Bonchev–Trinajstić information content (AvgIpc) is 2.74. The van der Waals surface area contributed by atoms with Gasteiger partial charge in [0.05, 0.1) is 9.79 Å². The van der Waals surface area contributed by atoms with Crippen LogP contribution in [0.25, 0.3) is 0 Å². The molecule has 1 aromatic carbocycles. The molecule has 2 N–H and O–H groups in total. The van der Waals surface area contributed by atoms with Gasteiger partial charge in [0.25, 0.3) is 0 Å². The van der Waals surface area contributed by atoms with Crippen molar-refractivity contribution in [2.75, 3.05) is 19.3 Å². The van der Waals surface area contributed by atoms with Crippen molar-refractivity contribution < 1.29 is 16.8 Å². The Bertz CT molecular complexity index is 687. The number of nitrogens with one attached hydrogen (secondary N) is 2. The minimum absolute atomic E-state index is 0.0676. The summed E-state index contributed by atoms with van der Waals surface area (Å²) in [6.45, 7) is 3.19. The third-order valence-electron chi connectivity index (χ3n) is 3.31. The second kappa shape index (κ2) is 5.10. The second-order valence-electron chi connectivity index (χ2n) is 5.34. The van der Waals surface area contributed by atoms with Crippen LogP contribution < -0.4 is 10.0 Å². The summed E-state index contributed by atoms with van der Waals surface area (Å²) < 4.78 is 49.9. The van der Waals surface area contributed by atoms with E-state index in [2.05, 4.69) is 10.0 Å². The van der Waals surface area contributed by atoms with Crippen molar-refractivity contribution in [1.29, 1.82) is 0 Å². The standard InChI is InChI=1S/C12H18N2O4S2/c1-12(7-8-13-9-12)14-20(17,18)11-5-3-10(4-6-11)19(2,15)16/h3-6,13-14H,7-9H2,1-2H3. The van der Waals surface area contributed by atoms with Gasteiger partial charge in [-0.05, 0) is 44.2 Å². The molecule has 112 valence electrons. The Kier molecular flexibility index (Phi) is 3.94. The monoisotopic (exact) mass is 318 g/mol. The molecular formula is C12H18N2O4S2. The van der Waals surface area contributed by atoms with Crippen molar-refractivity contribution in [3.05, 3.63) is 24.3 Å². The van der Waals surface area contributed by atoms with Gasteiger partial charge in [0.2, 0.25) is 10.0 Å². The van der Waals surface area contributed by atoms with Crippen LogP contribution in [0.4, 0.5) is 0 Å². The molecule has 0 amide bonds. The van der Waals surface area contributed by atoms with Gasteiger partial charge in [-0.3, -0.25) is 0 Å². The smallest absolute Gasteiger partial charge is 0.241 e. The van der Waals surface area contributed by atoms with Gasteiger partial charge in [-0.2, -0.15) is 0 Å². The average molecular weight is 318 g/mol. The first-order valence-electron chi connectivity index (χ1n) is 6.17. The first-order chi connectivity index (χ1) is 9.12. The van der Waals surface area contributed by atoms with E-state index in [9.17, 15) is 16.8 Å². The lowest BCUT2D eigenvalue weighted by Gasteiger charge is -2.24. The Labute approximate surface area is 119 Å². The molecule has 1 atom stereocenters. The van der Waals surface area contributed by atoms with Crippen molar-refractivity contribution in [2.45, 2.75) is 28.7 Å².